The minimum atomic E-state index is -0.636. The van der Waals surface area contributed by atoms with Crippen molar-refractivity contribution in [2.45, 2.75) is 0 Å². The summed E-state index contributed by atoms with van der Waals surface area (Å²) in [5, 5.41) is 2.65. The Hall–Kier alpha value is -2.52. The first-order valence-electron chi connectivity index (χ1n) is 7.17. The quantitative estimate of drug-likeness (QED) is 0.615. The highest BCUT2D eigenvalue weighted by atomic mass is 79.9. The van der Waals surface area contributed by atoms with Crippen LogP contribution in [0.3, 0.4) is 0 Å². The van der Waals surface area contributed by atoms with Crippen LogP contribution < -0.4 is 10.1 Å². The van der Waals surface area contributed by atoms with E-state index in [1.54, 1.807) is 36.4 Å². The Morgan fingerprint density at radius 3 is 2.80 bits per heavy atom. The summed E-state index contributed by atoms with van der Waals surface area (Å²) in [6.07, 6.45) is 0. The lowest BCUT2D eigenvalue weighted by molar-refractivity contribution is -0.149. The van der Waals surface area contributed by atoms with Gasteiger partial charge in [-0.1, -0.05) is 28.1 Å². The third-order valence-corrected chi connectivity index (χ3v) is 4.11. The predicted octanol–water partition coefficient (Wildman–Crippen LogP) is 3.01. The molecule has 0 spiro atoms. The van der Waals surface area contributed by atoms with Gasteiger partial charge in [-0.3, -0.25) is 4.79 Å². The second-order valence-electron chi connectivity index (χ2n) is 4.89. The van der Waals surface area contributed by atoms with E-state index >= 15 is 0 Å². The summed E-state index contributed by atoms with van der Waals surface area (Å²) in [5.41, 5.74) is 1.82. The highest BCUT2D eigenvalue weighted by molar-refractivity contribution is 9.10. The van der Waals surface area contributed by atoms with E-state index in [-0.39, 0.29) is 6.61 Å². The standard InChI is InChI=1S/C16H12BrN3O4S/c17-10-3-1-4-11(7-10)23-9-15(22)24-8-14(21)18-12-5-2-6-13-16(12)20-25-19-13/h1-7H,8-9H2,(H,18,21). The van der Waals surface area contributed by atoms with Gasteiger partial charge in [0.2, 0.25) is 0 Å². The molecular weight excluding hydrogens is 410 g/mol. The van der Waals surface area contributed by atoms with Crippen LogP contribution in [0.15, 0.2) is 46.9 Å². The summed E-state index contributed by atoms with van der Waals surface area (Å²) >= 11 is 4.37. The maximum Gasteiger partial charge on any atom is 0.344 e. The van der Waals surface area contributed by atoms with E-state index in [1.165, 1.54) is 0 Å². The molecule has 7 nitrogen and oxygen atoms in total. The van der Waals surface area contributed by atoms with E-state index < -0.39 is 18.5 Å². The van der Waals surface area contributed by atoms with Crippen molar-refractivity contribution in [2.75, 3.05) is 18.5 Å². The zero-order valence-electron chi connectivity index (χ0n) is 12.8. The molecule has 0 bridgehead atoms. The Morgan fingerprint density at radius 1 is 1.12 bits per heavy atom. The molecule has 0 unspecified atom stereocenters. The van der Waals surface area contributed by atoms with E-state index in [9.17, 15) is 9.59 Å². The fraction of sp³-hybridized carbons (Fsp3) is 0.125. The maximum atomic E-state index is 11.9. The largest absolute Gasteiger partial charge is 0.482 e. The molecule has 9 heteroatoms. The summed E-state index contributed by atoms with van der Waals surface area (Å²) < 4.78 is 19.2. The molecule has 1 amide bonds. The zero-order chi connectivity index (χ0) is 17.6. The van der Waals surface area contributed by atoms with Crippen LogP contribution in [0, 0.1) is 0 Å². The number of aromatic nitrogens is 2. The number of halogens is 1. The molecular formula is C16H12BrN3O4S. The lowest BCUT2D eigenvalue weighted by atomic mass is 10.2. The van der Waals surface area contributed by atoms with Crippen molar-refractivity contribution in [3.05, 3.63) is 46.9 Å². The highest BCUT2D eigenvalue weighted by Gasteiger charge is 2.11. The van der Waals surface area contributed by atoms with Gasteiger partial charge < -0.3 is 14.8 Å². The Labute approximate surface area is 155 Å². The molecule has 1 N–H and O–H groups in total. The first-order valence-corrected chi connectivity index (χ1v) is 8.69. The molecule has 0 saturated heterocycles. The number of nitrogens with one attached hydrogen (secondary N) is 1. The fourth-order valence-corrected chi connectivity index (χ4v) is 2.91. The zero-order valence-corrected chi connectivity index (χ0v) is 15.2. The van der Waals surface area contributed by atoms with Crippen LogP contribution in [-0.2, 0) is 14.3 Å². The molecule has 0 fully saturated rings. The van der Waals surface area contributed by atoms with Crippen LogP contribution in [0.25, 0.3) is 11.0 Å². The molecule has 3 rings (SSSR count). The molecule has 1 aromatic heterocycles. The molecule has 0 saturated carbocycles. The van der Waals surface area contributed by atoms with Crippen LogP contribution in [-0.4, -0.2) is 33.8 Å². The molecule has 0 radical (unpaired) electrons. The fourth-order valence-electron chi connectivity index (χ4n) is 1.98. The molecule has 2 aromatic carbocycles. The van der Waals surface area contributed by atoms with Crippen LogP contribution in [0.1, 0.15) is 0 Å². The molecule has 3 aromatic rings. The number of ether oxygens (including phenoxy) is 2. The second-order valence-corrected chi connectivity index (χ2v) is 6.34. The van der Waals surface area contributed by atoms with Gasteiger partial charge in [0.25, 0.3) is 5.91 Å². The van der Waals surface area contributed by atoms with Crippen molar-refractivity contribution in [3.8, 4) is 5.75 Å². The van der Waals surface area contributed by atoms with Gasteiger partial charge in [-0.25, -0.2) is 4.79 Å². The minimum Gasteiger partial charge on any atom is -0.482 e. The summed E-state index contributed by atoms with van der Waals surface area (Å²) in [4.78, 5) is 23.6. The Balaban J connectivity index is 1.47. The van der Waals surface area contributed by atoms with Crippen LogP contribution >= 0.6 is 27.7 Å². The van der Waals surface area contributed by atoms with E-state index in [1.807, 2.05) is 6.07 Å². The van der Waals surface area contributed by atoms with E-state index in [4.69, 9.17) is 9.47 Å². The Kier molecular flexibility index (Phi) is 5.56. The van der Waals surface area contributed by atoms with Gasteiger partial charge >= 0.3 is 5.97 Å². The summed E-state index contributed by atoms with van der Waals surface area (Å²) in [6, 6.07) is 12.3. The molecule has 0 aliphatic carbocycles. The van der Waals surface area contributed by atoms with Gasteiger partial charge in [0.15, 0.2) is 13.2 Å². The summed E-state index contributed by atoms with van der Waals surface area (Å²) in [6.45, 7) is -0.691. The third-order valence-electron chi connectivity index (χ3n) is 3.08. The first kappa shape index (κ1) is 17.3. The van der Waals surface area contributed by atoms with Gasteiger partial charge in [-0.05, 0) is 30.3 Å². The number of amides is 1. The topological polar surface area (TPSA) is 90.4 Å². The number of hydrogen-bond acceptors (Lipinski definition) is 7. The van der Waals surface area contributed by atoms with Gasteiger partial charge in [-0.15, -0.1) is 0 Å². The minimum absolute atomic E-state index is 0.282. The van der Waals surface area contributed by atoms with Gasteiger partial charge in [0, 0.05) is 4.47 Å². The number of nitrogens with zero attached hydrogens (tertiary/aromatic N) is 2. The van der Waals surface area contributed by atoms with Crippen molar-refractivity contribution >= 4 is 56.3 Å². The molecule has 0 aliphatic heterocycles. The van der Waals surface area contributed by atoms with Gasteiger partial charge in [0.05, 0.1) is 17.4 Å². The number of benzene rings is 2. The van der Waals surface area contributed by atoms with Crippen LogP contribution in [0.5, 0.6) is 5.75 Å². The molecule has 25 heavy (non-hydrogen) atoms. The van der Waals surface area contributed by atoms with Crippen molar-refractivity contribution < 1.29 is 19.1 Å². The van der Waals surface area contributed by atoms with E-state index in [0.29, 0.717) is 22.5 Å². The number of hydrogen-bond donors (Lipinski definition) is 1. The number of carbonyl (C=O) groups is 2. The second kappa shape index (κ2) is 8.04. The maximum absolute atomic E-state index is 11.9. The molecule has 1 heterocycles. The first-order chi connectivity index (χ1) is 12.1. The number of esters is 1. The van der Waals surface area contributed by atoms with Crippen molar-refractivity contribution in [1.82, 2.24) is 8.75 Å². The van der Waals surface area contributed by atoms with Crippen molar-refractivity contribution in [3.63, 3.8) is 0 Å². The lowest BCUT2D eigenvalue weighted by Gasteiger charge is -2.08. The monoisotopic (exact) mass is 421 g/mol. The third kappa shape index (κ3) is 4.74. The van der Waals surface area contributed by atoms with Crippen molar-refractivity contribution in [2.24, 2.45) is 0 Å². The van der Waals surface area contributed by atoms with E-state index in [2.05, 4.69) is 30.0 Å². The van der Waals surface area contributed by atoms with Crippen molar-refractivity contribution in [1.29, 1.82) is 0 Å². The molecule has 0 aliphatic rings. The number of fused-ring (bicyclic) bond motifs is 1. The van der Waals surface area contributed by atoms with Crippen LogP contribution in [0.2, 0.25) is 0 Å². The van der Waals surface area contributed by atoms with Crippen LogP contribution in [0.4, 0.5) is 5.69 Å². The van der Waals surface area contributed by atoms with E-state index in [0.717, 1.165) is 16.2 Å². The SMILES string of the molecule is O=C(COC(=O)COc1cccc(Br)c1)Nc1cccc2nsnc12. The molecule has 128 valence electrons. The van der Waals surface area contributed by atoms with Gasteiger partial charge in [-0.2, -0.15) is 8.75 Å². The Bertz CT molecular complexity index is 915. The Morgan fingerprint density at radius 2 is 1.96 bits per heavy atom. The summed E-state index contributed by atoms with van der Waals surface area (Å²) in [7, 11) is 0. The average Bonchev–Trinajstić information content (AvgIpc) is 3.08. The van der Waals surface area contributed by atoms with Gasteiger partial charge in [0.1, 0.15) is 16.8 Å². The molecule has 0 atom stereocenters. The highest BCUT2D eigenvalue weighted by Crippen LogP contribution is 2.21. The number of rotatable bonds is 6. The lowest BCUT2D eigenvalue weighted by Crippen LogP contribution is -2.23. The smallest absolute Gasteiger partial charge is 0.344 e. The normalized spacial score (nSPS) is 10.4. The number of anilines is 1. The number of carbonyl (C=O) groups excluding carboxylic acids is 2. The predicted molar refractivity (Wildman–Crippen MR) is 96.6 cm³/mol. The summed E-state index contributed by atoms with van der Waals surface area (Å²) in [5.74, 6) is -0.571. The average molecular weight is 422 g/mol.